The highest BCUT2D eigenvalue weighted by Gasteiger charge is 2.34. The summed E-state index contributed by atoms with van der Waals surface area (Å²) in [5.74, 6) is -0.0527. The van der Waals surface area contributed by atoms with E-state index in [1.54, 1.807) is 6.92 Å². The van der Waals surface area contributed by atoms with Crippen molar-refractivity contribution in [3.63, 3.8) is 0 Å². The molecule has 4 nitrogen and oxygen atoms in total. The zero-order chi connectivity index (χ0) is 9.90. The van der Waals surface area contributed by atoms with Crippen LogP contribution in [0.15, 0.2) is 0 Å². The molecule has 0 aliphatic heterocycles. The first-order valence-corrected chi connectivity index (χ1v) is 4.75. The molecule has 0 aromatic carbocycles. The summed E-state index contributed by atoms with van der Waals surface area (Å²) in [6.45, 7) is 1.96. The van der Waals surface area contributed by atoms with E-state index in [1.165, 1.54) is 0 Å². The number of aliphatic hydroxyl groups is 1. The SMILES string of the molecule is CC(O)CNC(=O)CC1(N)CCC1. The van der Waals surface area contributed by atoms with Crippen molar-refractivity contribution in [1.29, 1.82) is 0 Å². The second-order valence-electron chi connectivity index (χ2n) is 4.05. The average Bonchev–Trinajstić information content (AvgIpc) is 1.98. The molecule has 1 rings (SSSR count). The maximum atomic E-state index is 11.3. The smallest absolute Gasteiger partial charge is 0.221 e. The highest BCUT2D eigenvalue weighted by Crippen LogP contribution is 2.31. The summed E-state index contributed by atoms with van der Waals surface area (Å²) >= 11 is 0. The van der Waals surface area contributed by atoms with Gasteiger partial charge < -0.3 is 16.2 Å². The molecule has 0 saturated heterocycles. The molecule has 0 aromatic rings. The van der Waals surface area contributed by atoms with Gasteiger partial charge in [0.15, 0.2) is 0 Å². The fourth-order valence-electron chi connectivity index (χ4n) is 1.45. The molecule has 1 aliphatic carbocycles. The van der Waals surface area contributed by atoms with Gasteiger partial charge in [-0.05, 0) is 26.2 Å². The van der Waals surface area contributed by atoms with Crippen LogP contribution in [0.25, 0.3) is 0 Å². The van der Waals surface area contributed by atoms with Crippen molar-refractivity contribution in [1.82, 2.24) is 5.32 Å². The van der Waals surface area contributed by atoms with Crippen molar-refractivity contribution in [2.24, 2.45) is 5.73 Å². The molecule has 76 valence electrons. The number of nitrogens with two attached hydrogens (primary N) is 1. The minimum absolute atomic E-state index is 0.0527. The Bertz CT molecular complexity index is 188. The zero-order valence-electron chi connectivity index (χ0n) is 8.05. The molecule has 1 atom stereocenters. The molecule has 1 saturated carbocycles. The Morgan fingerprint density at radius 1 is 1.69 bits per heavy atom. The number of amides is 1. The molecule has 0 bridgehead atoms. The van der Waals surface area contributed by atoms with Crippen molar-refractivity contribution in [3.05, 3.63) is 0 Å². The lowest BCUT2D eigenvalue weighted by atomic mass is 9.75. The van der Waals surface area contributed by atoms with E-state index in [0.717, 1.165) is 19.3 Å². The Labute approximate surface area is 78.5 Å². The first-order valence-electron chi connectivity index (χ1n) is 4.75. The Morgan fingerprint density at radius 3 is 2.69 bits per heavy atom. The number of nitrogens with one attached hydrogen (secondary N) is 1. The lowest BCUT2D eigenvalue weighted by molar-refractivity contribution is -0.123. The van der Waals surface area contributed by atoms with Gasteiger partial charge in [-0.1, -0.05) is 0 Å². The Kier molecular flexibility index (Phi) is 3.27. The first kappa shape index (κ1) is 10.5. The van der Waals surface area contributed by atoms with Crippen LogP contribution in [-0.4, -0.2) is 29.2 Å². The summed E-state index contributed by atoms with van der Waals surface area (Å²) in [6, 6.07) is 0. The highest BCUT2D eigenvalue weighted by atomic mass is 16.3. The van der Waals surface area contributed by atoms with Crippen LogP contribution in [0, 0.1) is 0 Å². The third-order valence-corrected chi connectivity index (χ3v) is 2.46. The van der Waals surface area contributed by atoms with Crippen LogP contribution in [-0.2, 0) is 4.79 Å². The van der Waals surface area contributed by atoms with E-state index in [4.69, 9.17) is 10.8 Å². The molecule has 0 radical (unpaired) electrons. The second kappa shape index (κ2) is 4.07. The lowest BCUT2D eigenvalue weighted by Crippen LogP contribution is -2.50. The monoisotopic (exact) mass is 186 g/mol. The number of carbonyl (C=O) groups excluding carboxylic acids is 1. The molecule has 13 heavy (non-hydrogen) atoms. The largest absolute Gasteiger partial charge is 0.392 e. The van der Waals surface area contributed by atoms with Gasteiger partial charge in [0.2, 0.25) is 5.91 Å². The van der Waals surface area contributed by atoms with Gasteiger partial charge in [-0.15, -0.1) is 0 Å². The van der Waals surface area contributed by atoms with Crippen molar-refractivity contribution in [2.75, 3.05) is 6.54 Å². The molecular formula is C9H18N2O2. The van der Waals surface area contributed by atoms with Crippen LogP contribution in [0.4, 0.5) is 0 Å². The summed E-state index contributed by atoms with van der Waals surface area (Å²) in [4.78, 5) is 11.3. The number of aliphatic hydroxyl groups excluding tert-OH is 1. The molecule has 4 heteroatoms. The molecule has 0 spiro atoms. The van der Waals surface area contributed by atoms with Crippen molar-refractivity contribution in [3.8, 4) is 0 Å². The zero-order valence-corrected chi connectivity index (χ0v) is 8.05. The van der Waals surface area contributed by atoms with Crippen LogP contribution in [0.1, 0.15) is 32.6 Å². The quantitative estimate of drug-likeness (QED) is 0.567. The molecule has 4 N–H and O–H groups in total. The Balaban J connectivity index is 2.17. The predicted octanol–water partition coefficient (Wildman–Crippen LogP) is -0.245. The van der Waals surface area contributed by atoms with Crippen molar-refractivity contribution >= 4 is 5.91 Å². The van der Waals surface area contributed by atoms with E-state index in [1.807, 2.05) is 0 Å². The molecular weight excluding hydrogens is 168 g/mol. The second-order valence-corrected chi connectivity index (χ2v) is 4.05. The fraction of sp³-hybridized carbons (Fsp3) is 0.889. The summed E-state index contributed by atoms with van der Waals surface area (Å²) in [5.41, 5.74) is 5.63. The van der Waals surface area contributed by atoms with Crippen LogP contribution >= 0.6 is 0 Å². The Morgan fingerprint density at radius 2 is 2.31 bits per heavy atom. The van der Waals surface area contributed by atoms with Gasteiger partial charge in [0.25, 0.3) is 0 Å². The maximum absolute atomic E-state index is 11.3. The van der Waals surface area contributed by atoms with E-state index < -0.39 is 6.10 Å². The fourth-order valence-corrected chi connectivity index (χ4v) is 1.45. The van der Waals surface area contributed by atoms with E-state index in [0.29, 0.717) is 13.0 Å². The third kappa shape index (κ3) is 3.32. The number of carbonyl (C=O) groups is 1. The van der Waals surface area contributed by atoms with Crippen molar-refractivity contribution < 1.29 is 9.90 Å². The number of hydrogen-bond acceptors (Lipinski definition) is 3. The van der Waals surface area contributed by atoms with E-state index in [2.05, 4.69) is 5.32 Å². The normalized spacial score (nSPS) is 21.8. The van der Waals surface area contributed by atoms with Gasteiger partial charge in [0.05, 0.1) is 6.10 Å². The maximum Gasteiger partial charge on any atom is 0.221 e. The van der Waals surface area contributed by atoms with E-state index >= 15 is 0 Å². The summed E-state index contributed by atoms with van der Waals surface area (Å²) < 4.78 is 0. The highest BCUT2D eigenvalue weighted by molar-refractivity contribution is 5.77. The van der Waals surface area contributed by atoms with Crippen molar-refractivity contribution in [2.45, 2.75) is 44.2 Å². The average molecular weight is 186 g/mol. The van der Waals surface area contributed by atoms with E-state index in [-0.39, 0.29) is 11.4 Å². The molecule has 0 aromatic heterocycles. The van der Waals surface area contributed by atoms with Crippen LogP contribution in [0.5, 0.6) is 0 Å². The Hall–Kier alpha value is -0.610. The van der Waals surface area contributed by atoms with Crippen LogP contribution < -0.4 is 11.1 Å². The van der Waals surface area contributed by atoms with Gasteiger partial charge in [-0.25, -0.2) is 0 Å². The number of rotatable bonds is 4. The van der Waals surface area contributed by atoms with Gasteiger partial charge in [0.1, 0.15) is 0 Å². The molecule has 1 unspecified atom stereocenters. The summed E-state index contributed by atoms with van der Waals surface area (Å²) in [5, 5.41) is 11.6. The topological polar surface area (TPSA) is 75.3 Å². The number of hydrogen-bond donors (Lipinski definition) is 3. The van der Waals surface area contributed by atoms with Crippen LogP contribution in [0.2, 0.25) is 0 Å². The lowest BCUT2D eigenvalue weighted by Gasteiger charge is -2.37. The van der Waals surface area contributed by atoms with E-state index in [9.17, 15) is 4.79 Å². The molecule has 1 fully saturated rings. The predicted molar refractivity (Wildman–Crippen MR) is 50.1 cm³/mol. The van der Waals surface area contributed by atoms with Crippen LogP contribution in [0.3, 0.4) is 0 Å². The summed E-state index contributed by atoms with van der Waals surface area (Å²) in [7, 11) is 0. The van der Waals surface area contributed by atoms with Gasteiger partial charge in [0, 0.05) is 18.5 Å². The first-order chi connectivity index (χ1) is 6.02. The van der Waals surface area contributed by atoms with Gasteiger partial charge in [-0.3, -0.25) is 4.79 Å². The van der Waals surface area contributed by atoms with Gasteiger partial charge >= 0.3 is 0 Å². The minimum Gasteiger partial charge on any atom is -0.392 e. The third-order valence-electron chi connectivity index (χ3n) is 2.46. The van der Waals surface area contributed by atoms with Gasteiger partial charge in [-0.2, -0.15) is 0 Å². The minimum atomic E-state index is -0.487. The summed E-state index contributed by atoms with van der Waals surface area (Å²) in [6.07, 6.45) is 2.91. The molecule has 1 aliphatic rings. The molecule has 1 amide bonds. The molecule has 0 heterocycles. The standard InChI is InChI=1S/C9H18N2O2/c1-7(12)6-11-8(13)5-9(10)3-2-4-9/h7,12H,2-6,10H2,1H3,(H,11,13).